The summed E-state index contributed by atoms with van der Waals surface area (Å²) in [6, 6.07) is 11.4. The maximum absolute atomic E-state index is 13.1. The number of hydrogen-bond donors (Lipinski definition) is 2. The van der Waals surface area contributed by atoms with E-state index in [2.05, 4.69) is 10.0 Å². The number of alkyl halides is 3. The molecule has 1 aliphatic carbocycles. The number of hydrogen-bond acceptors (Lipinski definition) is 5. The van der Waals surface area contributed by atoms with E-state index in [4.69, 9.17) is 4.74 Å². The van der Waals surface area contributed by atoms with Crippen LogP contribution in [0.1, 0.15) is 70.0 Å². The van der Waals surface area contributed by atoms with Crippen molar-refractivity contribution in [3.8, 4) is 0 Å². The molecule has 0 saturated heterocycles. The second-order valence-corrected chi connectivity index (χ2v) is 12.2. The minimum atomic E-state index is -4.55. The molecule has 0 aliphatic heterocycles. The number of nitrogens with one attached hydrogen (secondary N) is 2. The lowest BCUT2D eigenvalue weighted by molar-refractivity contribution is -0.155. The molecule has 38 heavy (non-hydrogen) atoms. The Morgan fingerprint density at radius 3 is 2.05 bits per heavy atom. The largest absolute Gasteiger partial charge is 0.460 e. The molecule has 1 atom stereocenters. The predicted octanol–water partition coefficient (Wildman–Crippen LogP) is 5.13. The zero-order valence-corrected chi connectivity index (χ0v) is 22.4. The SMILES string of the molecule is CC(C)(C)OC(=O)CC(NC(=O)C1CCC(NS(=O)(=O)c2ccc(C(F)(F)F)cc2)CC1)c1ccccc1. The first-order chi connectivity index (χ1) is 17.6. The molecule has 0 spiro atoms. The van der Waals surface area contributed by atoms with Crippen molar-refractivity contribution < 1.29 is 35.9 Å². The first-order valence-corrected chi connectivity index (χ1v) is 13.9. The second-order valence-electron chi connectivity index (χ2n) is 10.5. The van der Waals surface area contributed by atoms with E-state index in [-0.39, 0.29) is 23.1 Å². The lowest BCUT2D eigenvalue weighted by atomic mass is 9.85. The van der Waals surface area contributed by atoms with Crippen LogP contribution >= 0.6 is 0 Å². The van der Waals surface area contributed by atoms with Crippen molar-refractivity contribution in [2.24, 2.45) is 5.92 Å². The molecule has 2 aromatic rings. The van der Waals surface area contributed by atoms with E-state index in [1.807, 2.05) is 30.3 Å². The maximum Gasteiger partial charge on any atom is 0.416 e. The van der Waals surface area contributed by atoms with Crippen molar-refractivity contribution in [3.63, 3.8) is 0 Å². The molecule has 1 fully saturated rings. The molecule has 3 rings (SSSR count). The summed E-state index contributed by atoms with van der Waals surface area (Å²) in [5.41, 5.74) is -0.817. The van der Waals surface area contributed by atoms with Gasteiger partial charge in [0.05, 0.1) is 22.9 Å². The lowest BCUT2D eigenvalue weighted by Gasteiger charge is -2.30. The van der Waals surface area contributed by atoms with Crippen molar-refractivity contribution in [2.45, 2.75) is 81.6 Å². The summed E-state index contributed by atoms with van der Waals surface area (Å²) in [5.74, 6) is -1.04. The van der Waals surface area contributed by atoms with Gasteiger partial charge in [0.1, 0.15) is 5.60 Å². The lowest BCUT2D eigenvalue weighted by Crippen LogP contribution is -2.42. The Balaban J connectivity index is 1.58. The Kier molecular flexibility index (Phi) is 9.25. The molecule has 11 heteroatoms. The van der Waals surface area contributed by atoms with Gasteiger partial charge in [-0.25, -0.2) is 13.1 Å². The zero-order valence-electron chi connectivity index (χ0n) is 21.5. The number of amides is 1. The van der Waals surface area contributed by atoms with Crippen LogP contribution in [-0.4, -0.2) is 31.9 Å². The molecular formula is C27H33F3N2O5S. The molecular weight excluding hydrogens is 521 g/mol. The number of halogens is 3. The molecule has 208 valence electrons. The number of carbonyl (C=O) groups excluding carboxylic acids is 2. The molecule has 0 bridgehead atoms. The monoisotopic (exact) mass is 554 g/mol. The number of benzene rings is 2. The van der Waals surface area contributed by atoms with E-state index in [0.717, 1.165) is 29.8 Å². The van der Waals surface area contributed by atoms with Gasteiger partial charge < -0.3 is 10.1 Å². The average molecular weight is 555 g/mol. The van der Waals surface area contributed by atoms with Gasteiger partial charge in [-0.05, 0) is 76.3 Å². The molecule has 1 amide bonds. The third-order valence-electron chi connectivity index (χ3n) is 6.22. The quantitative estimate of drug-likeness (QED) is 0.441. The van der Waals surface area contributed by atoms with E-state index in [1.165, 1.54) is 0 Å². The van der Waals surface area contributed by atoms with E-state index in [9.17, 15) is 31.2 Å². The fraction of sp³-hybridized carbons (Fsp3) is 0.481. The van der Waals surface area contributed by atoms with Crippen LogP contribution in [0.25, 0.3) is 0 Å². The van der Waals surface area contributed by atoms with Crippen LogP contribution < -0.4 is 10.0 Å². The van der Waals surface area contributed by atoms with Crippen LogP contribution in [0.15, 0.2) is 59.5 Å². The summed E-state index contributed by atoms with van der Waals surface area (Å²) >= 11 is 0. The van der Waals surface area contributed by atoms with Crippen LogP contribution in [0.3, 0.4) is 0 Å². The number of sulfonamides is 1. The van der Waals surface area contributed by atoms with Gasteiger partial charge in [-0.1, -0.05) is 30.3 Å². The third-order valence-corrected chi connectivity index (χ3v) is 7.76. The molecule has 7 nitrogen and oxygen atoms in total. The van der Waals surface area contributed by atoms with E-state index >= 15 is 0 Å². The van der Waals surface area contributed by atoms with Crippen molar-refractivity contribution >= 4 is 21.9 Å². The van der Waals surface area contributed by atoms with Crippen LogP contribution in [0.4, 0.5) is 13.2 Å². The van der Waals surface area contributed by atoms with Crippen molar-refractivity contribution in [1.82, 2.24) is 10.0 Å². The molecule has 2 N–H and O–H groups in total. The fourth-order valence-electron chi connectivity index (χ4n) is 4.36. The third kappa shape index (κ3) is 8.56. The highest BCUT2D eigenvalue weighted by molar-refractivity contribution is 7.89. The minimum absolute atomic E-state index is 0.0324. The summed E-state index contributed by atoms with van der Waals surface area (Å²) in [7, 11) is -4.01. The van der Waals surface area contributed by atoms with Gasteiger partial charge in [-0.15, -0.1) is 0 Å². The normalized spacial score (nSPS) is 19.4. The fourth-order valence-corrected chi connectivity index (χ4v) is 5.67. The molecule has 1 aliphatic rings. The molecule has 0 aromatic heterocycles. The van der Waals surface area contributed by atoms with Gasteiger partial charge in [-0.3, -0.25) is 9.59 Å². The molecule has 2 aromatic carbocycles. The van der Waals surface area contributed by atoms with Crippen LogP contribution in [-0.2, 0) is 30.5 Å². The zero-order chi connectivity index (χ0) is 28.1. The van der Waals surface area contributed by atoms with Gasteiger partial charge in [0.25, 0.3) is 0 Å². The Labute approximate surface area is 221 Å². The van der Waals surface area contributed by atoms with Crippen molar-refractivity contribution in [1.29, 1.82) is 0 Å². The Morgan fingerprint density at radius 2 is 1.53 bits per heavy atom. The Morgan fingerprint density at radius 1 is 0.947 bits per heavy atom. The van der Waals surface area contributed by atoms with Crippen LogP contribution in [0.5, 0.6) is 0 Å². The standard InChI is InChI=1S/C27H33F3N2O5S/c1-26(2,3)37-24(33)17-23(18-7-5-4-6-8-18)31-25(34)19-9-13-21(14-10-19)32-38(35,36)22-15-11-20(12-16-22)27(28,29)30/h4-8,11-12,15-16,19,21,23,32H,9-10,13-14,17H2,1-3H3,(H,31,34). The second kappa shape index (κ2) is 11.9. The van der Waals surface area contributed by atoms with Crippen LogP contribution in [0, 0.1) is 5.92 Å². The van der Waals surface area contributed by atoms with Gasteiger partial charge >= 0.3 is 12.1 Å². The number of ether oxygens (including phenoxy) is 1. The van der Waals surface area contributed by atoms with E-state index < -0.39 is 45.4 Å². The first kappa shape index (κ1) is 29.6. The van der Waals surface area contributed by atoms with Gasteiger partial charge in [0, 0.05) is 12.0 Å². The summed E-state index contributed by atoms with van der Waals surface area (Å²) in [6.07, 6.45) is -2.98. The molecule has 1 unspecified atom stereocenters. The number of rotatable bonds is 8. The van der Waals surface area contributed by atoms with Gasteiger partial charge in [0.2, 0.25) is 15.9 Å². The number of esters is 1. The molecule has 1 saturated carbocycles. The predicted molar refractivity (Wildman–Crippen MR) is 135 cm³/mol. The van der Waals surface area contributed by atoms with Gasteiger partial charge in [0.15, 0.2) is 0 Å². The Hall–Kier alpha value is -2.92. The van der Waals surface area contributed by atoms with Crippen molar-refractivity contribution in [3.05, 3.63) is 65.7 Å². The highest BCUT2D eigenvalue weighted by Crippen LogP contribution is 2.31. The minimum Gasteiger partial charge on any atom is -0.460 e. The van der Waals surface area contributed by atoms with Gasteiger partial charge in [-0.2, -0.15) is 13.2 Å². The van der Waals surface area contributed by atoms with Crippen molar-refractivity contribution in [2.75, 3.05) is 0 Å². The smallest absolute Gasteiger partial charge is 0.416 e. The summed E-state index contributed by atoms with van der Waals surface area (Å²) in [5, 5.41) is 2.96. The molecule has 0 heterocycles. The number of carbonyl (C=O) groups is 2. The first-order valence-electron chi connectivity index (χ1n) is 12.4. The van der Waals surface area contributed by atoms with Crippen LogP contribution in [0.2, 0.25) is 0 Å². The summed E-state index contributed by atoms with van der Waals surface area (Å²) < 4.78 is 71.6. The Bertz CT molecular complexity index is 1200. The highest BCUT2D eigenvalue weighted by Gasteiger charge is 2.33. The van der Waals surface area contributed by atoms with E-state index in [1.54, 1.807) is 20.8 Å². The summed E-state index contributed by atoms with van der Waals surface area (Å²) in [4.78, 5) is 25.3. The maximum atomic E-state index is 13.1. The average Bonchev–Trinajstić information content (AvgIpc) is 2.83. The topological polar surface area (TPSA) is 102 Å². The summed E-state index contributed by atoms with van der Waals surface area (Å²) in [6.45, 7) is 5.31. The van der Waals surface area contributed by atoms with E-state index in [0.29, 0.717) is 25.7 Å². The molecule has 0 radical (unpaired) electrons. The highest BCUT2D eigenvalue weighted by atomic mass is 32.2.